The van der Waals surface area contributed by atoms with Crippen molar-refractivity contribution in [2.24, 2.45) is 11.8 Å². The Bertz CT molecular complexity index is 630. The van der Waals surface area contributed by atoms with Crippen molar-refractivity contribution < 1.29 is 13.9 Å². The van der Waals surface area contributed by atoms with E-state index in [9.17, 15) is 9.18 Å². The molecule has 0 spiro atoms. The minimum Gasteiger partial charge on any atom is -0.426 e. The zero-order chi connectivity index (χ0) is 19.5. The fourth-order valence-electron chi connectivity index (χ4n) is 4.00. The summed E-state index contributed by atoms with van der Waals surface area (Å²) in [7, 11) is 0. The lowest BCUT2D eigenvalue weighted by atomic mass is 9.78. The zero-order valence-electron chi connectivity index (χ0n) is 16.5. The summed E-state index contributed by atoms with van der Waals surface area (Å²) in [5.41, 5.74) is -0.0445. The number of ether oxygens (including phenoxy) is 1. The van der Waals surface area contributed by atoms with Crippen molar-refractivity contribution in [2.75, 3.05) is 0 Å². The van der Waals surface area contributed by atoms with Crippen LogP contribution in [0.2, 0.25) is 0 Å². The van der Waals surface area contributed by atoms with Crippen molar-refractivity contribution in [1.82, 2.24) is 0 Å². The van der Waals surface area contributed by atoms with Gasteiger partial charge in [-0.1, -0.05) is 71.1 Å². The average Bonchev–Trinajstić information content (AvgIpc) is 2.67. The van der Waals surface area contributed by atoms with Gasteiger partial charge in [-0.3, -0.25) is 4.79 Å². The predicted octanol–water partition coefficient (Wildman–Crippen LogP) is 6.55. The molecule has 1 aromatic rings. The first kappa shape index (κ1) is 21.4. The number of halogens is 1. The fraction of sp³-hybridized carbons (Fsp3) is 0.652. The van der Waals surface area contributed by atoms with E-state index < -0.39 is 5.82 Å². The van der Waals surface area contributed by atoms with Crippen molar-refractivity contribution in [3.63, 3.8) is 0 Å². The minimum atomic E-state index is -0.657. The van der Waals surface area contributed by atoms with E-state index in [1.165, 1.54) is 76.3 Å². The van der Waals surface area contributed by atoms with Gasteiger partial charge in [0.25, 0.3) is 0 Å². The summed E-state index contributed by atoms with van der Waals surface area (Å²) >= 11 is 0. The van der Waals surface area contributed by atoms with Gasteiger partial charge in [-0.05, 0) is 30.4 Å². The highest BCUT2D eigenvalue weighted by atomic mass is 19.1. The number of rotatable bonds is 10. The third kappa shape index (κ3) is 7.71. The Morgan fingerprint density at radius 3 is 2.41 bits per heavy atom. The number of carbonyl (C=O) groups excluding carboxylic acids is 1. The summed E-state index contributed by atoms with van der Waals surface area (Å²) < 4.78 is 18.8. The molecule has 0 amide bonds. The Morgan fingerprint density at radius 1 is 1.11 bits per heavy atom. The van der Waals surface area contributed by atoms with Crippen LogP contribution in [-0.2, 0) is 4.79 Å². The van der Waals surface area contributed by atoms with E-state index in [4.69, 9.17) is 10.00 Å². The van der Waals surface area contributed by atoms with Crippen LogP contribution in [0.25, 0.3) is 0 Å². The monoisotopic (exact) mass is 373 g/mol. The zero-order valence-corrected chi connectivity index (χ0v) is 16.5. The second-order valence-electron chi connectivity index (χ2n) is 7.86. The summed E-state index contributed by atoms with van der Waals surface area (Å²) in [5, 5.41) is 8.72. The van der Waals surface area contributed by atoms with Crippen molar-refractivity contribution in [1.29, 1.82) is 5.26 Å². The van der Waals surface area contributed by atoms with E-state index in [0.29, 0.717) is 12.3 Å². The van der Waals surface area contributed by atoms with Gasteiger partial charge < -0.3 is 4.74 Å². The highest BCUT2D eigenvalue weighted by Crippen LogP contribution is 2.34. The van der Waals surface area contributed by atoms with E-state index >= 15 is 0 Å². The normalized spacial score (nSPS) is 19.4. The molecule has 3 nitrogen and oxygen atoms in total. The SMILES string of the molecule is CCCCCCC[C@H]1CC[C@H](CCC(=O)Oc2ccc(C#N)c(F)c2)CC1. The number of benzene rings is 1. The quantitative estimate of drug-likeness (QED) is 0.265. The molecule has 0 heterocycles. The smallest absolute Gasteiger partial charge is 0.311 e. The first-order chi connectivity index (χ1) is 13.1. The van der Waals surface area contributed by atoms with Crippen molar-refractivity contribution in [2.45, 2.75) is 84.0 Å². The molecule has 1 aliphatic rings. The molecule has 4 heteroatoms. The topological polar surface area (TPSA) is 50.1 Å². The molecule has 2 rings (SSSR count). The molecule has 0 saturated heterocycles. The van der Waals surface area contributed by atoms with Crippen LogP contribution in [0.15, 0.2) is 18.2 Å². The summed E-state index contributed by atoms with van der Waals surface area (Å²) in [6.45, 7) is 2.25. The van der Waals surface area contributed by atoms with E-state index in [1.54, 1.807) is 6.07 Å². The van der Waals surface area contributed by atoms with Gasteiger partial charge in [-0.2, -0.15) is 5.26 Å². The molecule has 0 aromatic heterocycles. The second kappa shape index (κ2) is 11.7. The van der Waals surface area contributed by atoms with Crippen LogP contribution in [0, 0.1) is 29.0 Å². The second-order valence-corrected chi connectivity index (χ2v) is 7.86. The highest BCUT2D eigenvalue weighted by molar-refractivity contribution is 5.72. The van der Waals surface area contributed by atoms with Gasteiger partial charge >= 0.3 is 5.97 Å². The Hall–Kier alpha value is -1.89. The van der Waals surface area contributed by atoms with Crippen LogP contribution in [0.3, 0.4) is 0 Å². The summed E-state index contributed by atoms with van der Waals surface area (Å²) in [6.07, 6.45) is 14.3. The van der Waals surface area contributed by atoms with Gasteiger partial charge in [-0.15, -0.1) is 0 Å². The molecule has 0 aliphatic heterocycles. The molecule has 0 N–H and O–H groups in total. The molecule has 0 atom stereocenters. The average molecular weight is 374 g/mol. The van der Waals surface area contributed by atoms with E-state index in [-0.39, 0.29) is 17.3 Å². The lowest BCUT2D eigenvalue weighted by Gasteiger charge is -2.28. The Labute approximate surface area is 162 Å². The van der Waals surface area contributed by atoms with Gasteiger partial charge in [-0.25, -0.2) is 4.39 Å². The molecule has 27 heavy (non-hydrogen) atoms. The molecule has 0 radical (unpaired) electrons. The highest BCUT2D eigenvalue weighted by Gasteiger charge is 2.21. The summed E-state index contributed by atoms with van der Waals surface area (Å²) in [5.74, 6) is 0.666. The third-order valence-corrected chi connectivity index (χ3v) is 5.73. The van der Waals surface area contributed by atoms with Crippen LogP contribution >= 0.6 is 0 Å². The van der Waals surface area contributed by atoms with Crippen LogP contribution in [0.4, 0.5) is 4.39 Å². The molecular formula is C23H32FNO2. The third-order valence-electron chi connectivity index (χ3n) is 5.73. The van der Waals surface area contributed by atoms with Crippen LogP contribution < -0.4 is 4.74 Å². The van der Waals surface area contributed by atoms with Gasteiger partial charge in [0.05, 0.1) is 5.56 Å². The number of hydrogen-bond acceptors (Lipinski definition) is 3. The maximum atomic E-state index is 13.5. The lowest BCUT2D eigenvalue weighted by Crippen LogP contribution is -2.17. The largest absolute Gasteiger partial charge is 0.426 e. The van der Waals surface area contributed by atoms with Gasteiger partial charge in [0.2, 0.25) is 0 Å². The Morgan fingerprint density at radius 2 is 1.78 bits per heavy atom. The van der Waals surface area contributed by atoms with Crippen molar-refractivity contribution in [3.8, 4) is 11.8 Å². The molecule has 1 aromatic carbocycles. The maximum absolute atomic E-state index is 13.5. The molecule has 1 aliphatic carbocycles. The first-order valence-electron chi connectivity index (χ1n) is 10.5. The molecule has 148 valence electrons. The minimum absolute atomic E-state index is 0.0445. The predicted molar refractivity (Wildman–Crippen MR) is 105 cm³/mol. The van der Waals surface area contributed by atoms with E-state index in [1.807, 2.05) is 0 Å². The molecule has 1 fully saturated rings. The molecule has 0 bridgehead atoms. The van der Waals surface area contributed by atoms with Crippen molar-refractivity contribution in [3.05, 3.63) is 29.6 Å². The van der Waals surface area contributed by atoms with Crippen LogP contribution in [0.1, 0.15) is 89.5 Å². The van der Waals surface area contributed by atoms with Gasteiger partial charge in [0.15, 0.2) is 0 Å². The number of nitriles is 1. The van der Waals surface area contributed by atoms with Crippen LogP contribution in [-0.4, -0.2) is 5.97 Å². The Kier molecular flexibility index (Phi) is 9.31. The fourth-order valence-corrected chi connectivity index (χ4v) is 4.00. The van der Waals surface area contributed by atoms with Gasteiger partial charge in [0.1, 0.15) is 17.6 Å². The summed E-state index contributed by atoms with van der Waals surface area (Å²) in [6, 6.07) is 5.65. The summed E-state index contributed by atoms with van der Waals surface area (Å²) in [4.78, 5) is 12.0. The number of esters is 1. The Balaban J connectivity index is 1.61. The standard InChI is InChI=1S/C23H32FNO2/c1-2-3-4-5-6-7-18-8-10-19(11-9-18)12-15-23(26)27-21-14-13-20(17-25)22(24)16-21/h13-14,16,18-19H,2-12,15H2,1H3/t18-,19-. The van der Waals surface area contributed by atoms with E-state index in [0.717, 1.165) is 18.4 Å². The van der Waals surface area contributed by atoms with E-state index in [2.05, 4.69) is 6.92 Å². The number of unbranched alkanes of at least 4 members (excludes halogenated alkanes) is 4. The maximum Gasteiger partial charge on any atom is 0.311 e. The molecule has 0 unspecified atom stereocenters. The molecular weight excluding hydrogens is 341 g/mol. The lowest BCUT2D eigenvalue weighted by molar-refractivity contribution is -0.134. The van der Waals surface area contributed by atoms with Gasteiger partial charge in [0, 0.05) is 12.5 Å². The first-order valence-corrected chi connectivity index (χ1v) is 10.5. The number of carbonyl (C=O) groups is 1. The number of nitrogens with zero attached hydrogens (tertiary/aromatic N) is 1. The number of hydrogen-bond donors (Lipinski definition) is 0. The molecule has 1 saturated carbocycles. The van der Waals surface area contributed by atoms with Crippen molar-refractivity contribution >= 4 is 5.97 Å². The van der Waals surface area contributed by atoms with Crippen LogP contribution in [0.5, 0.6) is 5.75 Å².